The second-order valence-electron chi connectivity index (χ2n) is 9.08. The van der Waals surface area contributed by atoms with E-state index < -0.39 is 11.7 Å². The van der Waals surface area contributed by atoms with E-state index in [1.165, 1.54) is 0 Å². The number of carbonyl (C=O) groups is 1. The van der Waals surface area contributed by atoms with Gasteiger partial charge in [0.1, 0.15) is 11.4 Å². The largest absolute Gasteiger partial charge is 0.444 e. The number of rotatable bonds is 7. The molecule has 1 saturated heterocycles. The molecule has 3 aromatic rings. The molecule has 0 aliphatic carbocycles. The molecule has 1 aliphatic heterocycles. The summed E-state index contributed by atoms with van der Waals surface area (Å²) < 4.78 is 5.23. The van der Waals surface area contributed by atoms with Gasteiger partial charge in [0.15, 0.2) is 5.13 Å². The van der Waals surface area contributed by atoms with Crippen molar-refractivity contribution < 1.29 is 9.53 Å². The van der Waals surface area contributed by atoms with E-state index in [2.05, 4.69) is 41.9 Å². The van der Waals surface area contributed by atoms with E-state index in [0.29, 0.717) is 6.54 Å². The Kier molecular flexibility index (Phi) is 7.94. The molecule has 184 valence electrons. The van der Waals surface area contributed by atoms with Crippen molar-refractivity contribution in [3.63, 3.8) is 0 Å². The van der Waals surface area contributed by atoms with Crippen molar-refractivity contribution in [3.8, 4) is 10.4 Å². The molecular weight excluding hydrogens is 462 g/mol. The third-order valence-corrected chi connectivity index (χ3v) is 6.05. The highest BCUT2D eigenvalue weighted by Gasteiger charge is 2.15. The Bertz CT molecular complexity index is 1170. The Morgan fingerprint density at radius 2 is 2.03 bits per heavy atom. The standard InChI is InChI=1S/C25H31N7O2S/c1-25(2,3)34-24(33)29-7-4-5-18-13-19(16-27-15-18)21-17-30-23(35-21)31-22-14-20(6-8-28-22)32-11-9-26-10-12-32/h4-6,8,13-17,26H,7,9-12H2,1-3H3,(H,29,33)(H,28,30,31). The minimum Gasteiger partial charge on any atom is -0.444 e. The molecule has 4 heterocycles. The summed E-state index contributed by atoms with van der Waals surface area (Å²) in [4.78, 5) is 28.4. The zero-order valence-corrected chi connectivity index (χ0v) is 21.1. The average Bonchev–Trinajstić information content (AvgIpc) is 3.30. The summed E-state index contributed by atoms with van der Waals surface area (Å²) in [6.07, 6.45) is 10.6. The first kappa shape index (κ1) is 24.6. The number of anilines is 3. The summed E-state index contributed by atoms with van der Waals surface area (Å²) in [6.45, 7) is 9.82. The van der Waals surface area contributed by atoms with Crippen LogP contribution in [-0.2, 0) is 4.74 Å². The van der Waals surface area contributed by atoms with Gasteiger partial charge in [-0.15, -0.1) is 0 Å². The summed E-state index contributed by atoms with van der Waals surface area (Å²) in [6, 6.07) is 6.14. The minimum absolute atomic E-state index is 0.369. The van der Waals surface area contributed by atoms with Crippen LogP contribution in [-0.4, -0.2) is 59.4 Å². The van der Waals surface area contributed by atoms with Crippen molar-refractivity contribution in [2.75, 3.05) is 42.9 Å². The minimum atomic E-state index is -0.515. The zero-order chi connectivity index (χ0) is 24.7. The number of pyridine rings is 2. The number of alkyl carbamates (subject to hydrolysis) is 1. The van der Waals surface area contributed by atoms with Crippen molar-refractivity contribution in [3.05, 3.63) is 54.6 Å². The molecule has 0 radical (unpaired) electrons. The summed E-state index contributed by atoms with van der Waals surface area (Å²) >= 11 is 1.54. The number of ether oxygens (including phenoxy) is 1. The lowest BCUT2D eigenvalue weighted by Gasteiger charge is -2.29. The lowest BCUT2D eigenvalue weighted by molar-refractivity contribution is 0.0534. The number of piperazine rings is 1. The Hall–Kier alpha value is -3.50. The van der Waals surface area contributed by atoms with Crippen LogP contribution in [0, 0.1) is 0 Å². The maximum atomic E-state index is 11.7. The summed E-state index contributed by atoms with van der Waals surface area (Å²) in [5.41, 5.74) is 2.55. The Labute approximate surface area is 209 Å². The SMILES string of the molecule is CC(C)(C)OC(=O)NCC=Cc1cncc(-c2cnc(Nc3cc(N4CCNCC4)ccn3)s2)c1. The maximum absolute atomic E-state index is 11.7. The fraction of sp³-hybridized carbons (Fsp3) is 0.360. The second-order valence-corrected chi connectivity index (χ2v) is 10.1. The molecular formula is C25H31N7O2S. The lowest BCUT2D eigenvalue weighted by Crippen LogP contribution is -2.43. The maximum Gasteiger partial charge on any atom is 0.407 e. The van der Waals surface area contributed by atoms with Crippen LogP contribution in [0.5, 0.6) is 0 Å². The zero-order valence-electron chi connectivity index (χ0n) is 20.2. The molecule has 0 atom stereocenters. The number of nitrogens with one attached hydrogen (secondary N) is 3. The van der Waals surface area contributed by atoms with E-state index in [-0.39, 0.29) is 0 Å². The Balaban J connectivity index is 1.36. The number of carbonyl (C=O) groups excluding carboxylic acids is 1. The van der Waals surface area contributed by atoms with E-state index in [1.807, 2.05) is 63.6 Å². The van der Waals surface area contributed by atoms with E-state index in [4.69, 9.17) is 4.74 Å². The van der Waals surface area contributed by atoms with Gasteiger partial charge in [-0.2, -0.15) is 0 Å². The molecule has 0 spiro atoms. The van der Waals surface area contributed by atoms with Gasteiger partial charge in [-0.3, -0.25) is 4.98 Å². The topological polar surface area (TPSA) is 104 Å². The molecule has 1 aliphatic rings. The molecule has 0 aromatic carbocycles. The Morgan fingerprint density at radius 3 is 2.83 bits per heavy atom. The van der Waals surface area contributed by atoms with Crippen LogP contribution in [0.2, 0.25) is 0 Å². The molecule has 0 unspecified atom stereocenters. The van der Waals surface area contributed by atoms with Crippen LogP contribution in [0.1, 0.15) is 26.3 Å². The molecule has 9 nitrogen and oxygen atoms in total. The van der Waals surface area contributed by atoms with Gasteiger partial charge in [0.25, 0.3) is 0 Å². The number of hydrogen-bond donors (Lipinski definition) is 3. The molecule has 0 bridgehead atoms. The van der Waals surface area contributed by atoms with Crippen molar-refractivity contribution >= 4 is 40.1 Å². The number of nitrogens with zero attached hydrogens (tertiary/aromatic N) is 4. The van der Waals surface area contributed by atoms with Crippen LogP contribution in [0.15, 0.2) is 49.1 Å². The second kappa shape index (κ2) is 11.3. The lowest BCUT2D eigenvalue weighted by atomic mass is 10.2. The molecule has 1 amide bonds. The predicted octanol–water partition coefficient (Wildman–Crippen LogP) is 4.29. The fourth-order valence-electron chi connectivity index (χ4n) is 3.52. The Morgan fingerprint density at radius 1 is 1.20 bits per heavy atom. The van der Waals surface area contributed by atoms with Gasteiger partial charge in [-0.1, -0.05) is 23.5 Å². The first-order valence-corrected chi connectivity index (χ1v) is 12.4. The van der Waals surface area contributed by atoms with Crippen LogP contribution < -0.4 is 20.9 Å². The number of hydrogen-bond acceptors (Lipinski definition) is 9. The molecule has 3 N–H and O–H groups in total. The van der Waals surface area contributed by atoms with Crippen molar-refractivity contribution in [2.45, 2.75) is 26.4 Å². The summed E-state index contributed by atoms with van der Waals surface area (Å²) in [7, 11) is 0. The van der Waals surface area contributed by atoms with Gasteiger partial charge < -0.3 is 25.6 Å². The first-order valence-electron chi connectivity index (χ1n) is 11.6. The molecule has 1 fully saturated rings. The van der Waals surface area contributed by atoms with Gasteiger partial charge in [-0.25, -0.2) is 14.8 Å². The third-order valence-electron chi connectivity index (χ3n) is 5.08. The molecule has 3 aromatic heterocycles. The van der Waals surface area contributed by atoms with Gasteiger partial charge in [0, 0.05) is 74.8 Å². The van der Waals surface area contributed by atoms with Gasteiger partial charge in [-0.05, 0) is 38.5 Å². The predicted molar refractivity (Wildman–Crippen MR) is 141 cm³/mol. The quantitative estimate of drug-likeness (QED) is 0.448. The molecule has 35 heavy (non-hydrogen) atoms. The molecule has 0 saturated carbocycles. The van der Waals surface area contributed by atoms with Crippen LogP contribution in [0.3, 0.4) is 0 Å². The van der Waals surface area contributed by atoms with Crippen LogP contribution >= 0.6 is 11.3 Å². The van der Waals surface area contributed by atoms with Gasteiger partial charge >= 0.3 is 6.09 Å². The monoisotopic (exact) mass is 493 g/mol. The van der Waals surface area contributed by atoms with Crippen molar-refractivity contribution in [1.29, 1.82) is 0 Å². The molecule has 4 rings (SSSR count). The molecule has 10 heteroatoms. The van der Waals surface area contributed by atoms with Gasteiger partial charge in [0.2, 0.25) is 0 Å². The first-order chi connectivity index (χ1) is 16.9. The van der Waals surface area contributed by atoms with E-state index >= 15 is 0 Å². The highest BCUT2D eigenvalue weighted by molar-refractivity contribution is 7.18. The summed E-state index contributed by atoms with van der Waals surface area (Å²) in [5, 5.41) is 10.2. The van der Waals surface area contributed by atoms with E-state index in [0.717, 1.165) is 58.8 Å². The summed E-state index contributed by atoms with van der Waals surface area (Å²) in [5.74, 6) is 0.772. The number of thiazole rings is 1. The average molecular weight is 494 g/mol. The van der Waals surface area contributed by atoms with Crippen molar-refractivity contribution in [1.82, 2.24) is 25.6 Å². The van der Waals surface area contributed by atoms with E-state index in [9.17, 15) is 4.79 Å². The van der Waals surface area contributed by atoms with Gasteiger partial charge in [0.05, 0.1) is 4.88 Å². The fourth-order valence-corrected chi connectivity index (χ4v) is 4.32. The highest BCUT2D eigenvalue weighted by Crippen LogP contribution is 2.31. The van der Waals surface area contributed by atoms with Crippen LogP contribution in [0.25, 0.3) is 16.5 Å². The highest BCUT2D eigenvalue weighted by atomic mass is 32.1. The number of aromatic nitrogens is 3. The normalized spacial score (nSPS) is 14.2. The van der Waals surface area contributed by atoms with E-state index in [1.54, 1.807) is 17.5 Å². The van der Waals surface area contributed by atoms with Crippen LogP contribution in [0.4, 0.5) is 21.4 Å². The third kappa shape index (κ3) is 7.49. The van der Waals surface area contributed by atoms with Crippen molar-refractivity contribution in [2.24, 2.45) is 0 Å². The number of amides is 1. The smallest absolute Gasteiger partial charge is 0.407 e.